The Labute approximate surface area is 148 Å². The molecule has 0 fully saturated rings. The summed E-state index contributed by atoms with van der Waals surface area (Å²) in [4.78, 5) is 14.0. The molecule has 0 aromatic heterocycles. The summed E-state index contributed by atoms with van der Waals surface area (Å²) in [6.07, 6.45) is 0. The van der Waals surface area contributed by atoms with Gasteiger partial charge in [-0.25, -0.2) is 10.6 Å². The highest BCUT2D eigenvalue weighted by molar-refractivity contribution is 6.31. The number of carbonyl (C=O) groups is 1. The maximum absolute atomic E-state index is 12.3. The Bertz CT molecular complexity index is 688. The molecule has 0 saturated carbocycles. The zero-order chi connectivity index (χ0) is 17.5. The Morgan fingerprint density at radius 3 is 2.38 bits per heavy atom. The maximum atomic E-state index is 12.3. The zero-order valence-electron chi connectivity index (χ0n) is 14.0. The number of anilines is 2. The smallest absolute Gasteiger partial charge is 0.321 e. The summed E-state index contributed by atoms with van der Waals surface area (Å²) < 4.78 is 0. The number of hydrazine groups is 1. The third kappa shape index (κ3) is 4.40. The van der Waals surface area contributed by atoms with Gasteiger partial charge in [0.15, 0.2) is 0 Å². The predicted octanol–water partition coefficient (Wildman–Crippen LogP) is 4.09. The lowest BCUT2D eigenvalue weighted by molar-refractivity contribution is 0.217. The van der Waals surface area contributed by atoms with Gasteiger partial charge < -0.3 is 15.2 Å². The monoisotopic (exact) mass is 346 g/mol. The van der Waals surface area contributed by atoms with E-state index in [0.29, 0.717) is 30.3 Å². The number of halogens is 1. The van der Waals surface area contributed by atoms with Gasteiger partial charge in [0.05, 0.1) is 17.9 Å². The minimum Gasteiger partial charge on any atom is -0.325 e. The van der Waals surface area contributed by atoms with Crippen molar-refractivity contribution in [2.75, 3.05) is 23.4 Å². The molecule has 6 heteroatoms. The number of hydrogen-bond acceptors (Lipinski definition) is 3. The van der Waals surface area contributed by atoms with Gasteiger partial charge in [-0.2, -0.15) is 0 Å². The van der Waals surface area contributed by atoms with Gasteiger partial charge in [0, 0.05) is 18.1 Å². The molecule has 0 bridgehead atoms. The Morgan fingerprint density at radius 1 is 1.08 bits per heavy atom. The van der Waals surface area contributed by atoms with Crippen molar-refractivity contribution in [3.8, 4) is 0 Å². The van der Waals surface area contributed by atoms with Crippen molar-refractivity contribution in [3.63, 3.8) is 0 Å². The number of nitrogens with zero attached hydrogens (tertiary/aromatic N) is 2. The third-order valence-electron chi connectivity index (χ3n) is 3.80. The van der Waals surface area contributed by atoms with E-state index in [0.717, 1.165) is 11.3 Å². The first-order chi connectivity index (χ1) is 11.6. The number of nitrogens with two attached hydrogens (primary N) is 1. The highest BCUT2D eigenvalue weighted by Crippen LogP contribution is 2.26. The van der Waals surface area contributed by atoms with Gasteiger partial charge in [-0.05, 0) is 37.6 Å². The fourth-order valence-electron chi connectivity index (χ4n) is 2.43. The zero-order valence-corrected chi connectivity index (χ0v) is 14.8. The highest BCUT2D eigenvalue weighted by atomic mass is 35.5. The van der Waals surface area contributed by atoms with Crippen LogP contribution in [0.4, 0.5) is 16.2 Å². The number of urea groups is 1. The number of carbonyl (C=O) groups excluding carboxylic acids is 1. The molecule has 0 aliphatic rings. The van der Waals surface area contributed by atoms with E-state index in [1.807, 2.05) is 62.4 Å². The number of hydrogen-bond donors (Lipinski definition) is 2. The van der Waals surface area contributed by atoms with Crippen molar-refractivity contribution < 1.29 is 4.79 Å². The number of rotatable bonds is 6. The molecule has 0 aliphatic carbocycles. The van der Waals surface area contributed by atoms with Crippen LogP contribution in [0.2, 0.25) is 5.02 Å². The van der Waals surface area contributed by atoms with Crippen molar-refractivity contribution in [1.82, 2.24) is 4.90 Å². The van der Waals surface area contributed by atoms with Crippen LogP contribution in [0.25, 0.3) is 0 Å². The van der Waals surface area contributed by atoms with Crippen LogP contribution in [0, 0.1) is 0 Å². The number of benzene rings is 2. The van der Waals surface area contributed by atoms with Crippen molar-refractivity contribution >= 4 is 29.0 Å². The lowest BCUT2D eigenvalue weighted by atomic mass is 10.2. The van der Waals surface area contributed by atoms with Gasteiger partial charge >= 0.3 is 6.03 Å². The van der Waals surface area contributed by atoms with Crippen molar-refractivity contribution in [2.45, 2.75) is 20.4 Å². The molecule has 128 valence electrons. The van der Waals surface area contributed by atoms with Crippen LogP contribution in [-0.2, 0) is 6.54 Å². The summed E-state index contributed by atoms with van der Waals surface area (Å²) in [7, 11) is 0. The van der Waals surface area contributed by atoms with Crippen LogP contribution >= 0.6 is 11.6 Å². The molecular weight excluding hydrogens is 324 g/mol. The summed E-state index contributed by atoms with van der Waals surface area (Å²) >= 11 is 6.20. The van der Waals surface area contributed by atoms with E-state index >= 15 is 0 Å². The van der Waals surface area contributed by atoms with Crippen molar-refractivity contribution in [1.29, 1.82) is 0 Å². The van der Waals surface area contributed by atoms with Crippen molar-refractivity contribution in [3.05, 3.63) is 59.1 Å². The minimum absolute atomic E-state index is 0.140. The summed E-state index contributed by atoms with van der Waals surface area (Å²) in [5.41, 5.74) is 2.33. The predicted molar refractivity (Wildman–Crippen MR) is 100 cm³/mol. The van der Waals surface area contributed by atoms with Crippen LogP contribution in [0.1, 0.15) is 19.4 Å². The molecule has 0 saturated heterocycles. The first-order valence-corrected chi connectivity index (χ1v) is 8.35. The van der Waals surface area contributed by atoms with Crippen LogP contribution in [-0.4, -0.2) is 24.0 Å². The Balaban J connectivity index is 2.19. The van der Waals surface area contributed by atoms with E-state index in [1.54, 1.807) is 9.91 Å². The maximum Gasteiger partial charge on any atom is 0.321 e. The van der Waals surface area contributed by atoms with Gasteiger partial charge in [0.25, 0.3) is 0 Å². The van der Waals surface area contributed by atoms with Gasteiger partial charge in [-0.1, -0.05) is 41.9 Å². The third-order valence-corrected chi connectivity index (χ3v) is 4.17. The highest BCUT2D eigenvalue weighted by Gasteiger charge is 2.14. The second-order valence-corrected chi connectivity index (χ2v) is 5.75. The minimum atomic E-state index is -0.140. The molecule has 2 aromatic carbocycles. The normalized spacial score (nSPS) is 10.3. The first kappa shape index (κ1) is 18.1. The first-order valence-electron chi connectivity index (χ1n) is 7.97. The van der Waals surface area contributed by atoms with Gasteiger partial charge in [-0.15, -0.1) is 0 Å². The molecule has 0 unspecified atom stereocenters. The Kier molecular flexibility index (Phi) is 6.46. The average molecular weight is 347 g/mol. The molecule has 0 radical (unpaired) electrons. The van der Waals surface area contributed by atoms with Gasteiger partial charge in [-0.3, -0.25) is 0 Å². The quantitative estimate of drug-likeness (QED) is 0.611. The standard InChI is InChI=1S/C18H23ClN4O/c1-3-22(4-2)18(24)21-16-11-7-8-12-17(16)23(20)13-14-9-5-6-10-15(14)19/h5-12H,3-4,13,20H2,1-2H3,(H,21,24). The molecule has 0 spiro atoms. The second kappa shape index (κ2) is 8.57. The van der Waals surface area contributed by atoms with Gasteiger partial charge in [0.1, 0.15) is 0 Å². The van der Waals surface area contributed by atoms with Crippen LogP contribution in [0.3, 0.4) is 0 Å². The van der Waals surface area contributed by atoms with Crippen LogP contribution < -0.4 is 16.2 Å². The SMILES string of the molecule is CCN(CC)C(=O)Nc1ccccc1N(N)Cc1ccccc1Cl. The second-order valence-electron chi connectivity index (χ2n) is 5.34. The number of amides is 2. The summed E-state index contributed by atoms with van der Waals surface area (Å²) in [6, 6.07) is 14.9. The molecule has 2 aromatic rings. The van der Waals surface area contributed by atoms with E-state index in [2.05, 4.69) is 5.32 Å². The lowest BCUT2D eigenvalue weighted by Gasteiger charge is -2.24. The molecule has 0 atom stereocenters. The van der Waals surface area contributed by atoms with E-state index in [4.69, 9.17) is 17.4 Å². The molecule has 2 rings (SSSR count). The Morgan fingerprint density at radius 2 is 1.71 bits per heavy atom. The Hall–Kier alpha value is -2.24. The molecule has 2 amide bonds. The summed E-state index contributed by atoms with van der Waals surface area (Å²) in [6.45, 7) is 5.63. The summed E-state index contributed by atoms with van der Waals surface area (Å²) in [5, 5.41) is 5.17. The molecule has 5 nitrogen and oxygen atoms in total. The fourth-order valence-corrected chi connectivity index (χ4v) is 2.63. The lowest BCUT2D eigenvalue weighted by Crippen LogP contribution is -2.36. The van der Waals surface area contributed by atoms with E-state index in [9.17, 15) is 4.79 Å². The fraction of sp³-hybridized carbons (Fsp3) is 0.278. The van der Waals surface area contributed by atoms with E-state index < -0.39 is 0 Å². The molecular formula is C18H23ClN4O. The van der Waals surface area contributed by atoms with Gasteiger partial charge in [0.2, 0.25) is 0 Å². The number of nitrogens with one attached hydrogen (secondary N) is 1. The molecule has 0 heterocycles. The topological polar surface area (TPSA) is 61.6 Å². The molecule has 3 N–H and O–H groups in total. The van der Waals surface area contributed by atoms with E-state index in [1.165, 1.54) is 0 Å². The van der Waals surface area contributed by atoms with Crippen LogP contribution in [0.5, 0.6) is 0 Å². The van der Waals surface area contributed by atoms with E-state index in [-0.39, 0.29) is 6.03 Å². The van der Waals surface area contributed by atoms with Crippen molar-refractivity contribution in [2.24, 2.45) is 5.84 Å². The average Bonchev–Trinajstić information content (AvgIpc) is 2.58. The largest absolute Gasteiger partial charge is 0.325 e. The molecule has 24 heavy (non-hydrogen) atoms. The summed E-state index contributed by atoms with van der Waals surface area (Å²) in [5.74, 6) is 6.22. The molecule has 0 aliphatic heterocycles. The number of para-hydroxylation sites is 2. The van der Waals surface area contributed by atoms with Crippen LogP contribution in [0.15, 0.2) is 48.5 Å².